The number of fused-ring (bicyclic) bond motifs is 1. The maximum atomic E-state index is 5.73. The van der Waals surface area contributed by atoms with Gasteiger partial charge in [0.1, 0.15) is 11.5 Å². The molecule has 4 rings (SSSR count). The van der Waals surface area contributed by atoms with Crippen molar-refractivity contribution in [2.24, 2.45) is 0 Å². The van der Waals surface area contributed by atoms with Crippen molar-refractivity contribution >= 4 is 28.0 Å². The van der Waals surface area contributed by atoms with Crippen LogP contribution in [0.25, 0.3) is 16.5 Å². The van der Waals surface area contributed by atoms with Gasteiger partial charge in [-0.05, 0) is 71.0 Å². The maximum absolute atomic E-state index is 5.73. The standard InChI is InChI=1S/C26H31N5O2/c1-7-27-19-9-11-20(12-10-19)28-26-25-18(5)31(17(4)24(25)16(3)29-30-26)22-14-13-21(33-8-2)15-23(22)32-6/h9-15,27H,7-8H2,1-6H3,(H,28,30). The van der Waals surface area contributed by atoms with Gasteiger partial charge in [0.2, 0.25) is 0 Å². The molecule has 172 valence electrons. The lowest BCUT2D eigenvalue weighted by atomic mass is 10.1. The first kappa shape index (κ1) is 22.5. The van der Waals surface area contributed by atoms with Crippen molar-refractivity contribution in [1.82, 2.24) is 14.8 Å². The molecule has 0 atom stereocenters. The minimum absolute atomic E-state index is 0.606. The summed E-state index contributed by atoms with van der Waals surface area (Å²) in [6.45, 7) is 11.8. The predicted octanol–water partition coefficient (Wildman–Crippen LogP) is 5.93. The number of nitrogens with one attached hydrogen (secondary N) is 2. The predicted molar refractivity (Wildman–Crippen MR) is 135 cm³/mol. The molecular formula is C26H31N5O2. The highest BCUT2D eigenvalue weighted by Crippen LogP contribution is 2.38. The SMILES string of the molecule is CCNc1ccc(Nc2nnc(C)c3c(C)n(-c4ccc(OCC)cc4OC)c(C)c23)cc1. The number of aromatic nitrogens is 3. The van der Waals surface area contributed by atoms with Crippen molar-refractivity contribution in [2.45, 2.75) is 34.6 Å². The van der Waals surface area contributed by atoms with Gasteiger partial charge in [-0.25, -0.2) is 0 Å². The van der Waals surface area contributed by atoms with E-state index < -0.39 is 0 Å². The first-order valence-corrected chi connectivity index (χ1v) is 11.3. The molecule has 0 fully saturated rings. The van der Waals surface area contributed by atoms with Gasteiger partial charge in [-0.15, -0.1) is 5.10 Å². The van der Waals surface area contributed by atoms with Crippen LogP contribution in [0.1, 0.15) is 30.9 Å². The molecule has 2 heterocycles. The van der Waals surface area contributed by atoms with E-state index in [1.54, 1.807) is 7.11 Å². The zero-order chi connectivity index (χ0) is 23.5. The molecule has 2 aromatic carbocycles. The summed E-state index contributed by atoms with van der Waals surface area (Å²) in [5, 5.41) is 17.9. The van der Waals surface area contributed by atoms with Crippen molar-refractivity contribution in [3.05, 3.63) is 59.5 Å². The molecule has 0 amide bonds. The van der Waals surface area contributed by atoms with Gasteiger partial charge in [0.05, 0.1) is 25.1 Å². The molecule has 7 nitrogen and oxygen atoms in total. The number of nitrogens with zero attached hydrogens (tertiary/aromatic N) is 3. The summed E-state index contributed by atoms with van der Waals surface area (Å²) >= 11 is 0. The summed E-state index contributed by atoms with van der Waals surface area (Å²) < 4.78 is 13.6. The van der Waals surface area contributed by atoms with Crippen LogP contribution >= 0.6 is 0 Å². The second kappa shape index (κ2) is 9.40. The van der Waals surface area contributed by atoms with E-state index >= 15 is 0 Å². The van der Waals surface area contributed by atoms with Crippen LogP contribution < -0.4 is 20.1 Å². The van der Waals surface area contributed by atoms with Gasteiger partial charge in [-0.1, -0.05) is 0 Å². The number of hydrogen-bond donors (Lipinski definition) is 2. The van der Waals surface area contributed by atoms with Crippen LogP contribution in [-0.4, -0.2) is 35.0 Å². The van der Waals surface area contributed by atoms with Crippen molar-refractivity contribution in [2.75, 3.05) is 30.9 Å². The molecule has 0 bridgehead atoms. The third-order valence-corrected chi connectivity index (χ3v) is 5.77. The largest absolute Gasteiger partial charge is 0.494 e. The van der Waals surface area contributed by atoms with E-state index in [9.17, 15) is 0 Å². The fraction of sp³-hybridized carbons (Fsp3) is 0.308. The zero-order valence-electron chi connectivity index (χ0n) is 20.1. The molecule has 0 unspecified atom stereocenters. The Kier molecular flexibility index (Phi) is 6.40. The Morgan fingerprint density at radius 1 is 0.879 bits per heavy atom. The molecule has 0 radical (unpaired) electrons. The van der Waals surface area contributed by atoms with Crippen molar-refractivity contribution in [1.29, 1.82) is 0 Å². The van der Waals surface area contributed by atoms with Gasteiger partial charge < -0.3 is 24.7 Å². The lowest BCUT2D eigenvalue weighted by Crippen LogP contribution is -2.03. The first-order chi connectivity index (χ1) is 16.0. The minimum atomic E-state index is 0.606. The molecule has 4 aromatic rings. The molecular weight excluding hydrogens is 414 g/mol. The van der Waals surface area contributed by atoms with Crippen LogP contribution in [-0.2, 0) is 0 Å². The summed E-state index contributed by atoms with van der Waals surface area (Å²) in [6, 6.07) is 14.1. The van der Waals surface area contributed by atoms with E-state index in [0.717, 1.165) is 68.8 Å². The summed E-state index contributed by atoms with van der Waals surface area (Å²) in [6.07, 6.45) is 0. The molecule has 2 aromatic heterocycles. The number of aryl methyl sites for hydroxylation is 3. The lowest BCUT2D eigenvalue weighted by Gasteiger charge is -2.15. The van der Waals surface area contributed by atoms with Gasteiger partial charge in [-0.2, -0.15) is 5.10 Å². The highest BCUT2D eigenvalue weighted by Gasteiger charge is 2.21. The van der Waals surface area contributed by atoms with Crippen LogP contribution in [0.15, 0.2) is 42.5 Å². The van der Waals surface area contributed by atoms with E-state index in [1.807, 2.05) is 44.2 Å². The number of methoxy groups -OCH3 is 1. The van der Waals surface area contributed by atoms with Crippen LogP contribution in [0, 0.1) is 20.8 Å². The molecule has 0 aliphatic heterocycles. The summed E-state index contributed by atoms with van der Waals surface area (Å²) in [5.74, 6) is 2.27. The topological polar surface area (TPSA) is 73.2 Å². The van der Waals surface area contributed by atoms with Crippen LogP contribution in [0.3, 0.4) is 0 Å². The second-order valence-corrected chi connectivity index (χ2v) is 7.89. The number of benzene rings is 2. The summed E-state index contributed by atoms with van der Waals surface area (Å²) in [4.78, 5) is 0. The van der Waals surface area contributed by atoms with E-state index in [2.05, 4.69) is 58.3 Å². The molecule has 0 aliphatic carbocycles. The fourth-order valence-corrected chi connectivity index (χ4v) is 4.35. The van der Waals surface area contributed by atoms with Gasteiger partial charge in [0.15, 0.2) is 5.82 Å². The third-order valence-electron chi connectivity index (χ3n) is 5.77. The Bertz CT molecular complexity index is 1280. The third kappa shape index (κ3) is 4.18. The van der Waals surface area contributed by atoms with Crippen LogP contribution in [0.2, 0.25) is 0 Å². The van der Waals surface area contributed by atoms with Gasteiger partial charge in [0, 0.05) is 46.1 Å². The average molecular weight is 446 g/mol. The first-order valence-electron chi connectivity index (χ1n) is 11.3. The smallest absolute Gasteiger partial charge is 0.162 e. The van der Waals surface area contributed by atoms with Crippen molar-refractivity contribution < 1.29 is 9.47 Å². The van der Waals surface area contributed by atoms with E-state index in [0.29, 0.717) is 6.61 Å². The Morgan fingerprint density at radius 3 is 2.24 bits per heavy atom. The molecule has 0 aliphatic rings. The van der Waals surface area contributed by atoms with E-state index in [1.165, 1.54) is 0 Å². The maximum Gasteiger partial charge on any atom is 0.162 e. The highest BCUT2D eigenvalue weighted by molar-refractivity contribution is 5.99. The number of hydrogen-bond acceptors (Lipinski definition) is 6. The Balaban J connectivity index is 1.83. The quantitative estimate of drug-likeness (QED) is 0.350. The zero-order valence-corrected chi connectivity index (χ0v) is 20.1. The molecule has 7 heteroatoms. The molecule has 2 N–H and O–H groups in total. The van der Waals surface area contributed by atoms with Crippen molar-refractivity contribution in [3.63, 3.8) is 0 Å². The summed E-state index contributed by atoms with van der Waals surface area (Å²) in [5.41, 5.74) is 6.04. The lowest BCUT2D eigenvalue weighted by molar-refractivity contribution is 0.336. The minimum Gasteiger partial charge on any atom is -0.494 e. The van der Waals surface area contributed by atoms with Crippen molar-refractivity contribution in [3.8, 4) is 17.2 Å². The van der Waals surface area contributed by atoms with E-state index in [-0.39, 0.29) is 0 Å². The second-order valence-electron chi connectivity index (χ2n) is 7.89. The van der Waals surface area contributed by atoms with Gasteiger partial charge >= 0.3 is 0 Å². The molecule has 0 saturated heterocycles. The van der Waals surface area contributed by atoms with Gasteiger partial charge in [0.25, 0.3) is 0 Å². The summed E-state index contributed by atoms with van der Waals surface area (Å²) in [7, 11) is 1.68. The number of rotatable bonds is 8. The van der Waals surface area contributed by atoms with Crippen LogP contribution in [0.5, 0.6) is 11.5 Å². The number of anilines is 3. The van der Waals surface area contributed by atoms with Crippen LogP contribution in [0.4, 0.5) is 17.2 Å². The molecule has 0 spiro atoms. The average Bonchev–Trinajstić information content (AvgIpc) is 3.08. The Hall–Kier alpha value is -3.74. The molecule has 0 saturated carbocycles. The Morgan fingerprint density at radius 2 is 1.58 bits per heavy atom. The highest BCUT2D eigenvalue weighted by atomic mass is 16.5. The van der Waals surface area contributed by atoms with Gasteiger partial charge in [-0.3, -0.25) is 0 Å². The normalized spacial score (nSPS) is 11.0. The number of ether oxygens (including phenoxy) is 2. The molecule has 33 heavy (non-hydrogen) atoms. The van der Waals surface area contributed by atoms with E-state index in [4.69, 9.17) is 9.47 Å². The monoisotopic (exact) mass is 445 g/mol. The fourth-order valence-electron chi connectivity index (χ4n) is 4.35. The Labute approximate surface area is 194 Å².